The minimum absolute atomic E-state index is 0.226. The summed E-state index contributed by atoms with van der Waals surface area (Å²) in [5, 5.41) is 74.0. The predicted octanol–water partition coefficient (Wildman–Crippen LogP) is 5.08. The van der Waals surface area contributed by atoms with Crippen LogP contribution in [-0.4, -0.2) is 108 Å². The molecule has 52 heavy (non-hydrogen) atoms. The van der Waals surface area contributed by atoms with Gasteiger partial charge in [0.2, 0.25) is 5.91 Å². The highest BCUT2D eigenvalue weighted by Gasteiger charge is 2.51. The monoisotopic (exact) mass is 767 g/mol. The Balaban J connectivity index is 2.53. The fourth-order valence-electron chi connectivity index (χ4n) is 6.47. The molecule has 0 aliphatic heterocycles. The van der Waals surface area contributed by atoms with E-state index in [0.717, 1.165) is 83.5 Å². The number of allylic oxidation sites excluding steroid dienone is 2. The van der Waals surface area contributed by atoms with Crippen LogP contribution >= 0.6 is 7.82 Å². The average Bonchev–Trinajstić information content (AvgIpc) is 3.11. The first-order valence-corrected chi connectivity index (χ1v) is 21.7. The van der Waals surface area contributed by atoms with Gasteiger partial charge < -0.3 is 46.0 Å². The zero-order valence-electron chi connectivity index (χ0n) is 32.0. The number of carbonyl (C=O) groups excluding carboxylic acids is 1. The molecular formula is C38H74NO12P. The van der Waals surface area contributed by atoms with E-state index in [-0.39, 0.29) is 12.8 Å². The van der Waals surface area contributed by atoms with E-state index in [4.69, 9.17) is 9.05 Å². The first-order valence-electron chi connectivity index (χ1n) is 20.2. The number of unbranched alkanes of at least 4 members (excludes halogenated alkanes) is 17. The Morgan fingerprint density at radius 2 is 1.08 bits per heavy atom. The fourth-order valence-corrected chi connectivity index (χ4v) is 7.44. The number of aliphatic hydroxyl groups is 7. The van der Waals surface area contributed by atoms with Crippen LogP contribution in [0.25, 0.3) is 0 Å². The summed E-state index contributed by atoms with van der Waals surface area (Å²) in [6, 6.07) is -1.15. The van der Waals surface area contributed by atoms with E-state index in [0.29, 0.717) is 12.8 Å². The van der Waals surface area contributed by atoms with E-state index in [1.807, 2.05) is 0 Å². The second kappa shape index (κ2) is 29.3. The third-order valence-corrected chi connectivity index (χ3v) is 10.9. The molecule has 308 valence electrons. The minimum Gasteiger partial charge on any atom is -0.393 e. The average molecular weight is 768 g/mol. The van der Waals surface area contributed by atoms with E-state index < -0.39 is 75.2 Å². The van der Waals surface area contributed by atoms with Crippen molar-refractivity contribution in [3.63, 3.8) is 0 Å². The normalized spacial score (nSPS) is 25.2. The number of amides is 1. The van der Waals surface area contributed by atoms with Crippen molar-refractivity contribution in [2.45, 2.75) is 216 Å². The van der Waals surface area contributed by atoms with Crippen molar-refractivity contribution in [2.75, 3.05) is 6.61 Å². The molecule has 14 heteroatoms. The zero-order valence-corrected chi connectivity index (χ0v) is 32.9. The molecule has 1 amide bonds. The molecule has 1 saturated carbocycles. The van der Waals surface area contributed by atoms with Crippen LogP contribution in [0.15, 0.2) is 12.2 Å². The maximum Gasteiger partial charge on any atom is 0.472 e. The van der Waals surface area contributed by atoms with Crippen LogP contribution < -0.4 is 5.32 Å². The van der Waals surface area contributed by atoms with Gasteiger partial charge in [-0.25, -0.2) is 4.57 Å². The summed E-state index contributed by atoms with van der Waals surface area (Å²) in [5.74, 6) is -0.570. The van der Waals surface area contributed by atoms with Crippen molar-refractivity contribution in [2.24, 2.45) is 0 Å². The Morgan fingerprint density at radius 1 is 0.654 bits per heavy atom. The molecule has 1 aliphatic rings. The number of aliphatic hydroxyl groups excluding tert-OH is 7. The number of nitrogens with one attached hydrogen (secondary N) is 1. The zero-order chi connectivity index (χ0) is 38.8. The maximum absolute atomic E-state index is 12.9. The van der Waals surface area contributed by atoms with Crippen LogP contribution in [0.3, 0.4) is 0 Å². The highest BCUT2D eigenvalue weighted by atomic mass is 31.2. The maximum atomic E-state index is 12.9. The Bertz CT molecular complexity index is 958. The molecular weight excluding hydrogens is 693 g/mol. The molecule has 1 rings (SSSR count). The number of hydrogen-bond donors (Lipinski definition) is 9. The molecule has 0 radical (unpaired) electrons. The Labute approximate surface area is 312 Å². The van der Waals surface area contributed by atoms with Crippen molar-refractivity contribution in [3.8, 4) is 0 Å². The highest BCUT2D eigenvalue weighted by Crippen LogP contribution is 2.47. The Morgan fingerprint density at radius 3 is 1.58 bits per heavy atom. The first kappa shape index (κ1) is 49.1. The summed E-state index contributed by atoms with van der Waals surface area (Å²) in [5.41, 5.74) is 0. The third kappa shape index (κ3) is 21.8. The number of carbonyl (C=O) groups is 1. The molecule has 0 bridgehead atoms. The van der Waals surface area contributed by atoms with Gasteiger partial charge in [-0.2, -0.15) is 0 Å². The molecule has 9 N–H and O–H groups in total. The SMILES string of the molecule is CCCCCCCC/C=C\CCCCCCCC(O)CC(=O)NC(COP(=O)(O)OC1C(O)C(O)C(O)C(O)C1O)C(O)CCCCCCCCC. The van der Waals surface area contributed by atoms with Gasteiger partial charge in [-0.3, -0.25) is 13.8 Å². The molecule has 0 aromatic heterocycles. The van der Waals surface area contributed by atoms with Gasteiger partial charge in [-0.05, 0) is 38.5 Å². The van der Waals surface area contributed by atoms with E-state index in [1.165, 1.54) is 38.5 Å². The Kier molecular flexibility index (Phi) is 27.7. The van der Waals surface area contributed by atoms with E-state index >= 15 is 0 Å². The molecule has 0 saturated heterocycles. The fraction of sp³-hybridized carbons (Fsp3) is 0.921. The van der Waals surface area contributed by atoms with E-state index in [2.05, 4.69) is 31.3 Å². The largest absolute Gasteiger partial charge is 0.472 e. The van der Waals surface area contributed by atoms with Gasteiger partial charge in [0.1, 0.15) is 36.6 Å². The summed E-state index contributed by atoms with van der Waals surface area (Å²) in [4.78, 5) is 23.2. The number of phosphoric acid groups is 1. The molecule has 1 aliphatic carbocycles. The van der Waals surface area contributed by atoms with Gasteiger partial charge >= 0.3 is 7.82 Å². The first-order chi connectivity index (χ1) is 24.8. The van der Waals surface area contributed by atoms with Gasteiger partial charge in [0.25, 0.3) is 0 Å². The van der Waals surface area contributed by atoms with Crippen LogP contribution in [0.5, 0.6) is 0 Å². The van der Waals surface area contributed by atoms with E-state index in [9.17, 15) is 50.0 Å². The summed E-state index contributed by atoms with van der Waals surface area (Å²) >= 11 is 0. The predicted molar refractivity (Wildman–Crippen MR) is 201 cm³/mol. The van der Waals surface area contributed by atoms with Gasteiger partial charge in [-0.15, -0.1) is 0 Å². The van der Waals surface area contributed by atoms with Crippen molar-refractivity contribution >= 4 is 13.7 Å². The van der Waals surface area contributed by atoms with Gasteiger partial charge in [0, 0.05) is 0 Å². The smallest absolute Gasteiger partial charge is 0.393 e. The molecule has 0 aromatic rings. The van der Waals surface area contributed by atoms with Crippen LogP contribution in [0.2, 0.25) is 0 Å². The van der Waals surface area contributed by atoms with Crippen LogP contribution in [0.4, 0.5) is 0 Å². The van der Waals surface area contributed by atoms with Gasteiger partial charge in [0.15, 0.2) is 0 Å². The van der Waals surface area contributed by atoms with Crippen molar-refractivity contribution < 1.29 is 59.0 Å². The minimum atomic E-state index is -5.10. The summed E-state index contributed by atoms with van der Waals surface area (Å²) in [6.07, 6.45) is 13.1. The van der Waals surface area contributed by atoms with Crippen molar-refractivity contribution in [1.29, 1.82) is 0 Å². The number of hydrogen-bond acceptors (Lipinski definition) is 11. The lowest BCUT2D eigenvalue weighted by atomic mass is 9.85. The van der Waals surface area contributed by atoms with Crippen LogP contribution in [-0.2, 0) is 18.4 Å². The molecule has 0 aromatic carbocycles. The topological polar surface area (TPSA) is 226 Å². The van der Waals surface area contributed by atoms with Gasteiger partial charge in [0.05, 0.1) is 31.3 Å². The van der Waals surface area contributed by atoms with Gasteiger partial charge in [-0.1, -0.05) is 129 Å². The molecule has 1 fully saturated rings. The lowest BCUT2D eigenvalue weighted by Crippen LogP contribution is -2.64. The molecule has 0 spiro atoms. The van der Waals surface area contributed by atoms with Crippen molar-refractivity contribution in [3.05, 3.63) is 12.2 Å². The van der Waals surface area contributed by atoms with Crippen molar-refractivity contribution in [1.82, 2.24) is 5.32 Å². The van der Waals surface area contributed by atoms with E-state index in [1.54, 1.807) is 0 Å². The standard InChI is InChI=1S/C38H74NO12P/c1-3-5-7-9-11-12-13-14-15-16-17-18-20-21-23-25-29(40)27-32(42)39-30(31(41)26-24-22-19-10-8-6-4-2)28-50-52(48,49)51-38-36(46)34(44)33(43)35(45)37(38)47/h14-15,29-31,33-38,40-41,43-47H,3-13,16-28H2,1-2H3,(H,39,42)(H,48,49)/b15-14-. The quantitative estimate of drug-likeness (QED) is 0.0248. The lowest BCUT2D eigenvalue weighted by Gasteiger charge is -2.41. The lowest BCUT2D eigenvalue weighted by molar-refractivity contribution is -0.220. The number of phosphoric ester groups is 1. The third-order valence-electron chi connectivity index (χ3n) is 9.88. The second-order valence-electron chi connectivity index (χ2n) is 14.7. The summed E-state index contributed by atoms with van der Waals surface area (Å²) < 4.78 is 22.7. The summed E-state index contributed by atoms with van der Waals surface area (Å²) in [6.45, 7) is 3.68. The number of rotatable bonds is 32. The highest BCUT2D eigenvalue weighted by molar-refractivity contribution is 7.47. The molecule has 8 unspecified atom stereocenters. The van der Waals surface area contributed by atoms with Crippen LogP contribution in [0.1, 0.15) is 162 Å². The summed E-state index contributed by atoms with van der Waals surface area (Å²) in [7, 11) is -5.10. The Hall–Kier alpha value is -0.960. The second-order valence-corrected chi connectivity index (χ2v) is 16.1. The molecule has 8 atom stereocenters. The van der Waals surface area contributed by atoms with Crippen LogP contribution in [0, 0.1) is 0 Å². The molecule has 13 nitrogen and oxygen atoms in total. The molecule has 0 heterocycles.